The summed E-state index contributed by atoms with van der Waals surface area (Å²) in [6.45, 7) is 0.649. The van der Waals surface area contributed by atoms with Crippen molar-refractivity contribution < 1.29 is 32.5 Å². The van der Waals surface area contributed by atoms with Gasteiger partial charge in [-0.1, -0.05) is 24.3 Å². The average Bonchev–Trinajstić information content (AvgIpc) is 2.94. The number of para-hydroxylation sites is 1. The number of nitrogens with one attached hydrogen (secondary N) is 1. The second kappa shape index (κ2) is 12.0. The van der Waals surface area contributed by atoms with Gasteiger partial charge in [-0.15, -0.1) is 0 Å². The SMILES string of the molecule is COc1ccc(N(CC(=O)N/N=C(/C)c2cccc([N+](=O)[O-])c2)S(=O)(=O)c2ccccc2[N+](=O)[O-])c(OC)c1. The van der Waals surface area contributed by atoms with E-state index in [9.17, 15) is 33.4 Å². The highest BCUT2D eigenvalue weighted by Crippen LogP contribution is 2.37. The molecular weight excluding hydrogens is 534 g/mol. The number of carbonyl (C=O) groups excluding carboxylic acids is 1. The zero-order valence-corrected chi connectivity index (χ0v) is 21.7. The number of hydrogen-bond acceptors (Lipinski definition) is 10. The van der Waals surface area contributed by atoms with Crippen LogP contribution in [0.1, 0.15) is 12.5 Å². The Hall–Kier alpha value is -5.05. The second-order valence-electron chi connectivity index (χ2n) is 7.81. The molecule has 3 aromatic rings. The van der Waals surface area contributed by atoms with Gasteiger partial charge in [0.15, 0.2) is 4.90 Å². The Balaban J connectivity index is 2.02. The first-order valence-corrected chi connectivity index (χ1v) is 12.5. The third-order valence-electron chi connectivity index (χ3n) is 5.40. The summed E-state index contributed by atoms with van der Waals surface area (Å²) >= 11 is 0. The maximum Gasteiger partial charge on any atom is 0.289 e. The van der Waals surface area contributed by atoms with Gasteiger partial charge < -0.3 is 9.47 Å². The van der Waals surface area contributed by atoms with E-state index in [4.69, 9.17) is 9.47 Å². The molecule has 0 atom stereocenters. The largest absolute Gasteiger partial charge is 0.497 e. The van der Waals surface area contributed by atoms with E-state index in [1.165, 1.54) is 69.7 Å². The summed E-state index contributed by atoms with van der Waals surface area (Å²) in [5.41, 5.74) is 1.83. The molecule has 0 aliphatic heterocycles. The lowest BCUT2D eigenvalue weighted by Gasteiger charge is -2.25. The Labute approximate surface area is 222 Å². The van der Waals surface area contributed by atoms with Gasteiger partial charge in [-0.25, -0.2) is 13.8 Å². The number of sulfonamides is 1. The standard InChI is InChI=1S/C24H23N5O9S/c1-16(17-7-6-8-18(13-17)28(31)32)25-26-24(30)15-27(20-12-11-19(37-2)14-22(20)38-3)39(35,36)23-10-5-4-9-21(23)29(33)34/h4-14H,15H2,1-3H3,(H,26,30)/b25-16-. The number of nitro benzene ring substituents is 2. The van der Waals surface area contributed by atoms with E-state index in [1.807, 2.05) is 0 Å². The summed E-state index contributed by atoms with van der Waals surface area (Å²) in [4.78, 5) is 33.5. The van der Waals surface area contributed by atoms with Crippen molar-refractivity contribution in [3.8, 4) is 11.5 Å². The third kappa shape index (κ3) is 6.45. The second-order valence-corrected chi connectivity index (χ2v) is 9.64. The van der Waals surface area contributed by atoms with E-state index in [0.29, 0.717) is 15.6 Å². The number of rotatable bonds is 11. The zero-order valence-electron chi connectivity index (χ0n) is 20.9. The normalized spacial score (nSPS) is 11.4. The van der Waals surface area contributed by atoms with Crippen molar-refractivity contribution in [3.63, 3.8) is 0 Å². The summed E-state index contributed by atoms with van der Waals surface area (Å²) < 4.78 is 38.6. The highest BCUT2D eigenvalue weighted by atomic mass is 32.2. The molecule has 0 radical (unpaired) electrons. The molecule has 15 heteroatoms. The van der Waals surface area contributed by atoms with Gasteiger partial charge in [0, 0.05) is 29.8 Å². The van der Waals surface area contributed by atoms with E-state index in [2.05, 4.69) is 10.5 Å². The Morgan fingerprint density at radius 2 is 1.69 bits per heavy atom. The maximum absolute atomic E-state index is 13.7. The van der Waals surface area contributed by atoms with Crippen LogP contribution in [0, 0.1) is 20.2 Å². The number of benzene rings is 3. The van der Waals surface area contributed by atoms with E-state index < -0.39 is 42.9 Å². The molecule has 1 N–H and O–H groups in total. The van der Waals surface area contributed by atoms with Crippen LogP contribution in [0.3, 0.4) is 0 Å². The first-order chi connectivity index (χ1) is 18.5. The van der Waals surface area contributed by atoms with Gasteiger partial charge in [-0.2, -0.15) is 5.10 Å². The predicted octanol–water partition coefficient (Wildman–Crippen LogP) is 3.26. The molecule has 0 spiro atoms. The summed E-state index contributed by atoms with van der Waals surface area (Å²) in [6, 6.07) is 14.4. The Morgan fingerprint density at radius 3 is 2.33 bits per heavy atom. The van der Waals surface area contributed by atoms with Gasteiger partial charge >= 0.3 is 0 Å². The van der Waals surface area contributed by atoms with Crippen LogP contribution in [0.15, 0.2) is 76.7 Å². The molecule has 0 bridgehead atoms. The number of ether oxygens (including phenoxy) is 2. The van der Waals surface area contributed by atoms with Crippen LogP contribution in [0.4, 0.5) is 17.1 Å². The molecular formula is C24H23N5O9S. The smallest absolute Gasteiger partial charge is 0.289 e. The topological polar surface area (TPSA) is 184 Å². The van der Waals surface area contributed by atoms with Crippen LogP contribution < -0.4 is 19.2 Å². The van der Waals surface area contributed by atoms with Crippen LogP contribution in [0.2, 0.25) is 0 Å². The molecule has 1 amide bonds. The molecule has 0 saturated carbocycles. The van der Waals surface area contributed by atoms with Crippen molar-refractivity contribution in [1.29, 1.82) is 0 Å². The minimum Gasteiger partial charge on any atom is -0.497 e. The quantitative estimate of drug-likeness (QED) is 0.210. The van der Waals surface area contributed by atoms with Crippen molar-refractivity contribution in [2.45, 2.75) is 11.8 Å². The Kier molecular flexibility index (Phi) is 8.77. The van der Waals surface area contributed by atoms with Crippen LogP contribution in [0.5, 0.6) is 11.5 Å². The fourth-order valence-corrected chi connectivity index (χ4v) is 5.05. The van der Waals surface area contributed by atoms with Gasteiger partial charge in [0.05, 0.1) is 35.5 Å². The number of nitro groups is 2. The van der Waals surface area contributed by atoms with Crippen molar-refractivity contribution >= 4 is 38.7 Å². The third-order valence-corrected chi connectivity index (χ3v) is 7.20. The molecule has 0 heterocycles. The van der Waals surface area contributed by atoms with Crippen molar-refractivity contribution in [1.82, 2.24) is 5.43 Å². The molecule has 0 aromatic heterocycles. The molecule has 0 saturated heterocycles. The number of methoxy groups -OCH3 is 2. The van der Waals surface area contributed by atoms with Crippen molar-refractivity contribution in [2.75, 3.05) is 25.1 Å². The number of nitrogens with zero attached hydrogens (tertiary/aromatic N) is 4. The number of carbonyl (C=O) groups is 1. The van der Waals surface area contributed by atoms with E-state index in [-0.39, 0.29) is 22.8 Å². The maximum atomic E-state index is 13.7. The van der Waals surface area contributed by atoms with Crippen LogP contribution >= 0.6 is 0 Å². The van der Waals surface area contributed by atoms with Crippen LogP contribution in [0.25, 0.3) is 0 Å². The molecule has 14 nitrogen and oxygen atoms in total. The molecule has 0 aliphatic rings. The minimum absolute atomic E-state index is 0.0144. The average molecular weight is 558 g/mol. The summed E-state index contributed by atoms with van der Waals surface area (Å²) in [5, 5.41) is 26.5. The van der Waals surface area contributed by atoms with Gasteiger partial charge in [-0.3, -0.25) is 29.3 Å². The van der Waals surface area contributed by atoms with Crippen molar-refractivity contribution in [2.24, 2.45) is 5.10 Å². The Morgan fingerprint density at radius 1 is 0.974 bits per heavy atom. The number of anilines is 1. The molecule has 0 fully saturated rings. The van der Waals surface area contributed by atoms with E-state index >= 15 is 0 Å². The predicted molar refractivity (Wildman–Crippen MR) is 141 cm³/mol. The fraction of sp³-hybridized carbons (Fsp3) is 0.167. The van der Waals surface area contributed by atoms with E-state index in [0.717, 1.165) is 12.1 Å². The molecule has 0 aliphatic carbocycles. The number of non-ortho nitro benzene ring substituents is 1. The number of hydrazone groups is 1. The Bertz CT molecular complexity index is 1560. The van der Waals surface area contributed by atoms with Crippen LogP contribution in [-0.2, 0) is 14.8 Å². The van der Waals surface area contributed by atoms with E-state index in [1.54, 1.807) is 6.07 Å². The van der Waals surface area contributed by atoms with Gasteiger partial charge in [0.2, 0.25) is 0 Å². The fourth-order valence-electron chi connectivity index (χ4n) is 3.46. The first-order valence-electron chi connectivity index (χ1n) is 11.1. The summed E-state index contributed by atoms with van der Waals surface area (Å²) in [5.74, 6) is -0.555. The number of hydrogen-bond donors (Lipinski definition) is 1. The highest BCUT2D eigenvalue weighted by molar-refractivity contribution is 7.93. The lowest BCUT2D eigenvalue weighted by Crippen LogP contribution is -2.40. The lowest BCUT2D eigenvalue weighted by molar-refractivity contribution is -0.387. The van der Waals surface area contributed by atoms with Crippen LogP contribution in [-0.4, -0.2) is 50.6 Å². The zero-order chi connectivity index (χ0) is 28.7. The molecule has 3 aromatic carbocycles. The highest BCUT2D eigenvalue weighted by Gasteiger charge is 2.34. The lowest BCUT2D eigenvalue weighted by atomic mass is 10.1. The molecule has 0 unspecified atom stereocenters. The van der Waals surface area contributed by atoms with Gasteiger partial charge in [0.1, 0.15) is 18.0 Å². The monoisotopic (exact) mass is 557 g/mol. The van der Waals surface area contributed by atoms with Gasteiger partial charge in [-0.05, 0) is 25.1 Å². The molecule has 3 rings (SSSR count). The number of amides is 1. The summed E-state index contributed by atoms with van der Waals surface area (Å²) in [7, 11) is -2.02. The summed E-state index contributed by atoms with van der Waals surface area (Å²) in [6.07, 6.45) is 0. The first kappa shape index (κ1) is 28.5. The van der Waals surface area contributed by atoms with Gasteiger partial charge in [0.25, 0.3) is 27.3 Å². The minimum atomic E-state index is -4.70. The molecule has 204 valence electrons. The van der Waals surface area contributed by atoms with Crippen molar-refractivity contribution in [3.05, 3.63) is 92.5 Å². The molecule has 39 heavy (non-hydrogen) atoms.